The Kier molecular flexibility index (Phi) is 6.68. The van der Waals surface area contributed by atoms with Gasteiger partial charge in [-0.25, -0.2) is 14.1 Å². The van der Waals surface area contributed by atoms with Crippen molar-refractivity contribution in [3.05, 3.63) is 95.3 Å². The quantitative estimate of drug-likeness (QED) is 0.415. The monoisotopic (exact) mass is 460 g/mol. The van der Waals surface area contributed by atoms with Crippen LogP contribution in [0.1, 0.15) is 18.1 Å². The van der Waals surface area contributed by atoms with E-state index in [4.69, 9.17) is 9.47 Å². The predicted molar refractivity (Wildman–Crippen MR) is 124 cm³/mol. The molecule has 0 spiro atoms. The van der Waals surface area contributed by atoms with Crippen molar-refractivity contribution in [3.8, 4) is 11.5 Å². The van der Waals surface area contributed by atoms with Gasteiger partial charge in [0.05, 0.1) is 12.3 Å². The second kappa shape index (κ2) is 9.99. The number of nitrogens with zero attached hydrogens (tertiary/aromatic N) is 1. The maximum atomic E-state index is 13.9. The summed E-state index contributed by atoms with van der Waals surface area (Å²) in [5.41, 5.74) is 0.839. The average Bonchev–Trinajstić information content (AvgIpc) is 2.83. The molecule has 0 atom stereocenters. The van der Waals surface area contributed by atoms with Crippen LogP contribution in [0.2, 0.25) is 0 Å². The lowest BCUT2D eigenvalue weighted by Gasteiger charge is -2.26. The number of nitrogens with one attached hydrogen (secondary N) is 1. The second-order valence-corrected chi connectivity index (χ2v) is 7.30. The molecule has 0 radical (unpaired) electrons. The minimum absolute atomic E-state index is 0.0379. The minimum Gasteiger partial charge on any atom is -0.494 e. The van der Waals surface area contributed by atoms with E-state index in [1.54, 1.807) is 66.7 Å². The normalized spacial score (nSPS) is 14.8. The molecule has 8 heteroatoms. The van der Waals surface area contributed by atoms with E-state index >= 15 is 0 Å². The number of hydrogen-bond donors (Lipinski definition) is 1. The SMILES string of the molecule is CCOc1ccc(N2C(=O)NC(=O)C(=Cc3ccccc3OCc3ccccc3F)C2=O)cc1. The third kappa shape index (κ3) is 4.80. The van der Waals surface area contributed by atoms with Crippen LogP contribution in [-0.2, 0) is 16.2 Å². The van der Waals surface area contributed by atoms with E-state index in [1.807, 2.05) is 6.92 Å². The lowest BCUT2D eigenvalue weighted by molar-refractivity contribution is -0.122. The molecule has 3 aromatic rings. The summed E-state index contributed by atoms with van der Waals surface area (Å²) in [7, 11) is 0. The number of imide groups is 2. The van der Waals surface area contributed by atoms with E-state index < -0.39 is 23.7 Å². The molecule has 34 heavy (non-hydrogen) atoms. The largest absolute Gasteiger partial charge is 0.494 e. The lowest BCUT2D eigenvalue weighted by Crippen LogP contribution is -2.54. The molecule has 1 aliphatic heterocycles. The predicted octanol–water partition coefficient (Wildman–Crippen LogP) is 4.47. The van der Waals surface area contributed by atoms with Gasteiger partial charge >= 0.3 is 6.03 Å². The van der Waals surface area contributed by atoms with Crippen LogP contribution in [0.25, 0.3) is 6.08 Å². The molecule has 3 aromatic carbocycles. The fraction of sp³-hybridized carbons (Fsp3) is 0.115. The molecule has 0 aliphatic carbocycles. The van der Waals surface area contributed by atoms with Crippen LogP contribution in [-0.4, -0.2) is 24.5 Å². The molecule has 4 rings (SSSR count). The van der Waals surface area contributed by atoms with Crippen molar-refractivity contribution < 1.29 is 28.2 Å². The maximum Gasteiger partial charge on any atom is 0.335 e. The fourth-order valence-corrected chi connectivity index (χ4v) is 3.41. The number of rotatable bonds is 7. The molecule has 1 heterocycles. The third-order valence-corrected chi connectivity index (χ3v) is 5.07. The summed E-state index contributed by atoms with van der Waals surface area (Å²) >= 11 is 0. The Morgan fingerprint density at radius 2 is 1.62 bits per heavy atom. The smallest absolute Gasteiger partial charge is 0.335 e. The Balaban J connectivity index is 1.62. The maximum absolute atomic E-state index is 13.9. The van der Waals surface area contributed by atoms with E-state index in [2.05, 4.69) is 5.32 Å². The van der Waals surface area contributed by atoms with Crippen LogP contribution in [0, 0.1) is 5.82 Å². The minimum atomic E-state index is -0.847. The first-order valence-electron chi connectivity index (χ1n) is 10.6. The highest BCUT2D eigenvalue weighted by Gasteiger charge is 2.37. The Hall–Kier alpha value is -4.46. The number of hydrogen-bond acceptors (Lipinski definition) is 5. The zero-order valence-corrected chi connectivity index (χ0v) is 18.3. The summed E-state index contributed by atoms with van der Waals surface area (Å²) in [5.74, 6) is -1.06. The molecule has 7 nitrogen and oxygen atoms in total. The summed E-state index contributed by atoms with van der Waals surface area (Å²) < 4.78 is 25.1. The van der Waals surface area contributed by atoms with E-state index in [0.717, 1.165) is 4.90 Å². The van der Waals surface area contributed by atoms with Gasteiger partial charge in [-0.1, -0.05) is 36.4 Å². The highest BCUT2D eigenvalue weighted by atomic mass is 19.1. The van der Waals surface area contributed by atoms with E-state index in [9.17, 15) is 18.8 Å². The number of urea groups is 1. The highest BCUT2D eigenvalue weighted by molar-refractivity contribution is 6.39. The van der Waals surface area contributed by atoms with E-state index in [0.29, 0.717) is 29.2 Å². The Labute approximate surface area is 195 Å². The van der Waals surface area contributed by atoms with Gasteiger partial charge in [-0.05, 0) is 49.4 Å². The summed E-state index contributed by atoms with van der Waals surface area (Å²) in [6.45, 7) is 2.28. The number of carbonyl (C=O) groups excluding carboxylic acids is 3. The van der Waals surface area contributed by atoms with Crippen molar-refractivity contribution in [1.29, 1.82) is 0 Å². The highest BCUT2D eigenvalue weighted by Crippen LogP contribution is 2.27. The van der Waals surface area contributed by atoms with Crippen molar-refractivity contribution in [2.75, 3.05) is 11.5 Å². The van der Waals surface area contributed by atoms with Crippen LogP contribution in [0.4, 0.5) is 14.9 Å². The molecule has 0 saturated carbocycles. The molecular weight excluding hydrogens is 439 g/mol. The Bertz CT molecular complexity index is 1270. The Morgan fingerprint density at radius 1 is 0.912 bits per heavy atom. The van der Waals surface area contributed by atoms with Crippen molar-refractivity contribution in [3.63, 3.8) is 0 Å². The average molecular weight is 460 g/mol. The van der Waals surface area contributed by atoms with Gasteiger partial charge in [-0.15, -0.1) is 0 Å². The number of anilines is 1. The first-order chi connectivity index (χ1) is 16.5. The molecule has 1 saturated heterocycles. The topological polar surface area (TPSA) is 84.9 Å². The van der Waals surface area contributed by atoms with E-state index in [-0.39, 0.29) is 17.9 Å². The zero-order chi connectivity index (χ0) is 24.1. The van der Waals surface area contributed by atoms with Crippen LogP contribution in [0.5, 0.6) is 11.5 Å². The second-order valence-electron chi connectivity index (χ2n) is 7.30. The number of barbiturate groups is 1. The third-order valence-electron chi connectivity index (χ3n) is 5.07. The molecule has 1 fully saturated rings. The number of benzene rings is 3. The van der Waals surface area contributed by atoms with Crippen molar-refractivity contribution in [2.24, 2.45) is 0 Å². The zero-order valence-electron chi connectivity index (χ0n) is 18.3. The summed E-state index contributed by atoms with van der Waals surface area (Å²) in [5, 5.41) is 2.19. The van der Waals surface area contributed by atoms with Crippen molar-refractivity contribution in [2.45, 2.75) is 13.5 Å². The van der Waals surface area contributed by atoms with Crippen molar-refractivity contribution >= 4 is 29.6 Å². The Morgan fingerprint density at radius 3 is 2.35 bits per heavy atom. The lowest BCUT2D eigenvalue weighted by atomic mass is 10.1. The van der Waals surface area contributed by atoms with Gasteiger partial charge in [-0.3, -0.25) is 14.9 Å². The van der Waals surface area contributed by atoms with Gasteiger partial charge < -0.3 is 9.47 Å². The summed E-state index contributed by atoms with van der Waals surface area (Å²) in [4.78, 5) is 39.0. The number of halogens is 1. The molecule has 1 N–H and O–H groups in total. The molecular formula is C26H21FN2O5. The van der Waals surface area contributed by atoms with Crippen LogP contribution in [0.15, 0.2) is 78.4 Å². The fourth-order valence-electron chi connectivity index (χ4n) is 3.41. The number of ether oxygens (including phenoxy) is 2. The first kappa shape index (κ1) is 22.7. The standard InChI is InChI=1S/C26H21FN2O5/c1-2-33-20-13-11-19(12-14-20)29-25(31)21(24(30)28-26(29)32)15-17-7-4-6-10-23(17)34-16-18-8-3-5-9-22(18)27/h3-15H,2,16H2,1H3,(H,28,30,32). The van der Waals surface area contributed by atoms with Gasteiger partial charge in [-0.2, -0.15) is 0 Å². The number of carbonyl (C=O) groups is 3. The van der Waals surface area contributed by atoms with Gasteiger partial charge in [0.1, 0.15) is 29.5 Å². The molecule has 0 aromatic heterocycles. The molecule has 4 amide bonds. The molecule has 0 unspecified atom stereocenters. The van der Waals surface area contributed by atoms with Crippen LogP contribution < -0.4 is 19.7 Å². The van der Waals surface area contributed by atoms with Gasteiger partial charge in [0.25, 0.3) is 11.8 Å². The number of amides is 4. The first-order valence-corrected chi connectivity index (χ1v) is 10.6. The number of para-hydroxylation sites is 1. The molecule has 0 bridgehead atoms. The molecule has 172 valence electrons. The van der Waals surface area contributed by atoms with E-state index in [1.165, 1.54) is 12.1 Å². The summed E-state index contributed by atoms with van der Waals surface area (Å²) in [6.07, 6.45) is 1.35. The molecule has 1 aliphatic rings. The van der Waals surface area contributed by atoms with Crippen LogP contribution >= 0.6 is 0 Å². The van der Waals surface area contributed by atoms with Gasteiger partial charge in [0.2, 0.25) is 0 Å². The van der Waals surface area contributed by atoms with Crippen molar-refractivity contribution in [1.82, 2.24) is 5.32 Å². The summed E-state index contributed by atoms with van der Waals surface area (Å²) in [6, 6.07) is 18.5. The van der Waals surface area contributed by atoms with Crippen LogP contribution in [0.3, 0.4) is 0 Å². The van der Waals surface area contributed by atoms with Gasteiger partial charge in [0.15, 0.2) is 0 Å². The van der Waals surface area contributed by atoms with Gasteiger partial charge in [0, 0.05) is 11.1 Å².